The third-order valence-corrected chi connectivity index (χ3v) is 4.52. The highest BCUT2D eigenvalue weighted by molar-refractivity contribution is 6.21. The molecule has 0 saturated heterocycles. The molecule has 0 spiro atoms. The molecule has 0 saturated carbocycles. The van der Waals surface area contributed by atoms with Gasteiger partial charge >= 0.3 is 0 Å². The first-order chi connectivity index (χ1) is 12.8. The van der Waals surface area contributed by atoms with Crippen LogP contribution in [0.4, 0.5) is 0 Å². The summed E-state index contributed by atoms with van der Waals surface area (Å²) in [5, 5.41) is 0. The first-order valence-electron chi connectivity index (χ1n) is 8.51. The zero-order valence-electron chi connectivity index (χ0n) is 14.1. The summed E-state index contributed by atoms with van der Waals surface area (Å²) in [7, 11) is 0. The molecule has 1 aliphatic rings. The van der Waals surface area contributed by atoms with Crippen molar-refractivity contribution in [3.05, 3.63) is 113 Å². The van der Waals surface area contributed by atoms with Crippen LogP contribution in [0.15, 0.2) is 91.0 Å². The van der Waals surface area contributed by atoms with Gasteiger partial charge in [-0.25, -0.2) is 0 Å². The molecule has 1 aliphatic heterocycles. The van der Waals surface area contributed by atoms with E-state index in [9.17, 15) is 9.59 Å². The smallest absolute Gasteiger partial charge is 0.262 e. The van der Waals surface area contributed by atoms with Gasteiger partial charge < -0.3 is 0 Å². The molecule has 3 nitrogen and oxygen atoms in total. The molecular formula is C23H17NO2. The van der Waals surface area contributed by atoms with Crippen molar-refractivity contribution in [3.63, 3.8) is 0 Å². The second-order valence-electron chi connectivity index (χ2n) is 6.15. The molecule has 1 heterocycles. The highest BCUT2D eigenvalue weighted by Gasteiger charge is 2.39. The predicted molar refractivity (Wildman–Crippen MR) is 102 cm³/mol. The average molecular weight is 339 g/mol. The van der Waals surface area contributed by atoms with Crippen LogP contribution in [0.3, 0.4) is 0 Å². The van der Waals surface area contributed by atoms with Crippen LogP contribution in [0.25, 0.3) is 6.08 Å². The third kappa shape index (κ3) is 2.84. The van der Waals surface area contributed by atoms with Gasteiger partial charge in [0.1, 0.15) is 0 Å². The van der Waals surface area contributed by atoms with Crippen LogP contribution in [0.5, 0.6) is 0 Å². The van der Waals surface area contributed by atoms with Crippen LogP contribution in [0.1, 0.15) is 37.9 Å². The predicted octanol–water partition coefficient (Wildman–Crippen LogP) is 4.74. The highest BCUT2D eigenvalue weighted by atomic mass is 16.2. The molecule has 0 radical (unpaired) electrons. The SMILES string of the molecule is O=C1c2ccccc2C(=O)N1[C@@H](/C=C/c1ccccc1)c1ccccc1. The largest absolute Gasteiger partial charge is 0.269 e. The average Bonchev–Trinajstić information content (AvgIpc) is 2.95. The summed E-state index contributed by atoms with van der Waals surface area (Å²) in [6, 6.07) is 26.0. The standard InChI is InChI=1S/C23H17NO2/c25-22-19-13-7-8-14-20(19)23(26)24(22)21(18-11-5-2-6-12-18)16-15-17-9-3-1-4-10-17/h1-16,21H/b16-15+/t21-/m0/s1. The molecule has 0 fully saturated rings. The lowest BCUT2D eigenvalue weighted by Crippen LogP contribution is -2.33. The van der Waals surface area contributed by atoms with Gasteiger partial charge in [0.2, 0.25) is 0 Å². The Hall–Kier alpha value is -3.46. The van der Waals surface area contributed by atoms with Crippen molar-refractivity contribution in [2.45, 2.75) is 6.04 Å². The quantitative estimate of drug-likeness (QED) is 0.644. The van der Waals surface area contributed by atoms with E-state index in [-0.39, 0.29) is 11.8 Å². The molecule has 1 atom stereocenters. The van der Waals surface area contributed by atoms with Crippen LogP contribution >= 0.6 is 0 Å². The van der Waals surface area contributed by atoms with Crippen LogP contribution in [0, 0.1) is 0 Å². The van der Waals surface area contributed by atoms with Gasteiger partial charge in [-0.3, -0.25) is 14.5 Å². The number of rotatable bonds is 4. The summed E-state index contributed by atoms with van der Waals surface area (Å²) in [5.41, 5.74) is 2.84. The Morgan fingerprint density at radius 3 is 1.73 bits per heavy atom. The molecule has 3 heteroatoms. The first kappa shape index (κ1) is 16.0. The lowest BCUT2D eigenvalue weighted by molar-refractivity contribution is 0.0614. The molecule has 0 N–H and O–H groups in total. The topological polar surface area (TPSA) is 37.4 Å². The van der Waals surface area contributed by atoms with Crippen molar-refractivity contribution in [3.8, 4) is 0 Å². The Kier molecular flexibility index (Phi) is 4.20. The number of benzene rings is 3. The number of hydrogen-bond acceptors (Lipinski definition) is 2. The first-order valence-corrected chi connectivity index (χ1v) is 8.51. The molecule has 26 heavy (non-hydrogen) atoms. The fourth-order valence-corrected chi connectivity index (χ4v) is 3.22. The zero-order chi connectivity index (χ0) is 17.9. The number of imide groups is 1. The molecule has 2 amide bonds. The van der Waals surface area contributed by atoms with E-state index in [1.165, 1.54) is 4.90 Å². The van der Waals surface area contributed by atoms with Crippen LogP contribution < -0.4 is 0 Å². The van der Waals surface area contributed by atoms with Crippen molar-refractivity contribution >= 4 is 17.9 Å². The van der Waals surface area contributed by atoms with Crippen molar-refractivity contribution in [1.29, 1.82) is 0 Å². The molecular weight excluding hydrogens is 322 g/mol. The Bertz CT molecular complexity index is 942. The van der Waals surface area contributed by atoms with E-state index in [2.05, 4.69) is 0 Å². The number of nitrogens with zero attached hydrogens (tertiary/aromatic N) is 1. The Balaban J connectivity index is 1.76. The van der Waals surface area contributed by atoms with Gasteiger partial charge in [-0.05, 0) is 23.3 Å². The molecule has 0 aliphatic carbocycles. The van der Waals surface area contributed by atoms with Crippen molar-refractivity contribution in [2.75, 3.05) is 0 Å². The zero-order valence-corrected chi connectivity index (χ0v) is 14.1. The molecule has 0 aromatic heterocycles. The molecule has 3 aromatic carbocycles. The van der Waals surface area contributed by atoms with Gasteiger partial charge in [-0.1, -0.05) is 84.9 Å². The summed E-state index contributed by atoms with van der Waals surface area (Å²) < 4.78 is 0. The number of carbonyl (C=O) groups excluding carboxylic acids is 2. The van der Waals surface area contributed by atoms with Gasteiger partial charge in [0.15, 0.2) is 0 Å². The number of fused-ring (bicyclic) bond motifs is 1. The van der Waals surface area contributed by atoms with E-state index in [0.29, 0.717) is 11.1 Å². The normalized spacial score (nSPS) is 14.7. The Morgan fingerprint density at radius 2 is 1.15 bits per heavy atom. The van der Waals surface area contributed by atoms with Crippen molar-refractivity contribution in [2.24, 2.45) is 0 Å². The van der Waals surface area contributed by atoms with Crippen LogP contribution in [0.2, 0.25) is 0 Å². The summed E-state index contributed by atoms with van der Waals surface area (Å²) in [6.07, 6.45) is 3.85. The monoisotopic (exact) mass is 339 g/mol. The lowest BCUT2D eigenvalue weighted by Gasteiger charge is -2.24. The second-order valence-corrected chi connectivity index (χ2v) is 6.15. The van der Waals surface area contributed by atoms with E-state index in [0.717, 1.165) is 11.1 Å². The van der Waals surface area contributed by atoms with Crippen LogP contribution in [-0.2, 0) is 0 Å². The molecule has 0 unspecified atom stereocenters. The summed E-state index contributed by atoms with van der Waals surface area (Å²) >= 11 is 0. The van der Waals surface area contributed by atoms with E-state index < -0.39 is 6.04 Å². The molecule has 3 aromatic rings. The van der Waals surface area contributed by atoms with Gasteiger partial charge in [0.05, 0.1) is 17.2 Å². The molecule has 126 valence electrons. The van der Waals surface area contributed by atoms with E-state index >= 15 is 0 Å². The van der Waals surface area contributed by atoms with E-state index in [1.54, 1.807) is 24.3 Å². The maximum atomic E-state index is 12.9. The maximum Gasteiger partial charge on any atom is 0.262 e. The van der Waals surface area contributed by atoms with E-state index in [4.69, 9.17) is 0 Å². The fraction of sp³-hybridized carbons (Fsp3) is 0.0435. The maximum absolute atomic E-state index is 12.9. The van der Waals surface area contributed by atoms with Gasteiger partial charge in [-0.15, -0.1) is 0 Å². The Labute approximate surface area is 152 Å². The Morgan fingerprint density at radius 1 is 0.654 bits per heavy atom. The van der Waals surface area contributed by atoms with Gasteiger partial charge in [0.25, 0.3) is 11.8 Å². The molecule has 4 rings (SSSR count). The van der Waals surface area contributed by atoms with E-state index in [1.807, 2.05) is 72.8 Å². The van der Waals surface area contributed by atoms with Crippen molar-refractivity contribution < 1.29 is 9.59 Å². The fourth-order valence-electron chi connectivity index (χ4n) is 3.22. The van der Waals surface area contributed by atoms with Crippen LogP contribution in [-0.4, -0.2) is 16.7 Å². The minimum Gasteiger partial charge on any atom is -0.269 e. The summed E-state index contributed by atoms with van der Waals surface area (Å²) in [5.74, 6) is -0.505. The summed E-state index contributed by atoms with van der Waals surface area (Å²) in [4.78, 5) is 27.2. The number of amides is 2. The minimum atomic E-state index is -0.455. The number of hydrogen-bond donors (Lipinski definition) is 0. The highest BCUT2D eigenvalue weighted by Crippen LogP contribution is 2.32. The third-order valence-electron chi connectivity index (χ3n) is 4.52. The summed E-state index contributed by atoms with van der Waals surface area (Å²) in [6.45, 7) is 0. The minimum absolute atomic E-state index is 0.253. The van der Waals surface area contributed by atoms with Gasteiger partial charge in [-0.2, -0.15) is 0 Å². The second kappa shape index (κ2) is 6.81. The van der Waals surface area contributed by atoms with Gasteiger partial charge in [0, 0.05) is 0 Å². The number of carbonyl (C=O) groups is 2. The van der Waals surface area contributed by atoms with Crippen molar-refractivity contribution in [1.82, 2.24) is 4.90 Å². The lowest BCUT2D eigenvalue weighted by atomic mass is 10.0. The molecule has 0 bridgehead atoms.